The third kappa shape index (κ3) is 4.25. The second-order valence-electron chi connectivity index (χ2n) is 4.76. The van der Waals surface area contributed by atoms with Crippen molar-refractivity contribution in [1.82, 2.24) is 25.4 Å². The predicted octanol–water partition coefficient (Wildman–Crippen LogP) is 1.43. The van der Waals surface area contributed by atoms with Crippen LogP contribution in [0.15, 0.2) is 29.4 Å². The van der Waals surface area contributed by atoms with Crippen LogP contribution in [0.3, 0.4) is 0 Å². The van der Waals surface area contributed by atoms with E-state index < -0.39 is 11.9 Å². The normalized spacial score (nSPS) is 10.3. The summed E-state index contributed by atoms with van der Waals surface area (Å²) >= 11 is 1.20. The number of para-hydroxylation sites is 1. The molecule has 9 heteroatoms. The minimum atomic E-state index is -0.504. The van der Waals surface area contributed by atoms with E-state index in [1.54, 1.807) is 18.6 Å². The molecule has 1 aromatic heterocycles. The summed E-state index contributed by atoms with van der Waals surface area (Å²) in [5, 5.41) is 13.6. The molecule has 0 saturated heterocycles. The van der Waals surface area contributed by atoms with Crippen molar-refractivity contribution in [2.24, 2.45) is 7.05 Å². The Morgan fingerprint density at radius 1 is 1.29 bits per heavy atom. The maximum Gasteiger partial charge on any atom is 0.321 e. The fourth-order valence-corrected chi connectivity index (χ4v) is 2.71. The Morgan fingerprint density at radius 2 is 2.04 bits per heavy atom. The Morgan fingerprint density at radius 3 is 2.75 bits per heavy atom. The van der Waals surface area contributed by atoms with Gasteiger partial charge in [0, 0.05) is 13.6 Å². The third-order valence-corrected chi connectivity index (χ3v) is 4.13. The van der Waals surface area contributed by atoms with E-state index in [0.29, 0.717) is 23.3 Å². The van der Waals surface area contributed by atoms with E-state index in [2.05, 4.69) is 20.8 Å². The van der Waals surface area contributed by atoms with E-state index >= 15 is 0 Å². The predicted molar refractivity (Wildman–Crippen MR) is 90.9 cm³/mol. The highest BCUT2D eigenvalue weighted by atomic mass is 32.2. The van der Waals surface area contributed by atoms with Gasteiger partial charge in [0.1, 0.15) is 5.75 Å². The van der Waals surface area contributed by atoms with Crippen LogP contribution >= 0.6 is 11.8 Å². The summed E-state index contributed by atoms with van der Waals surface area (Å²) in [7, 11) is 3.41. The molecular formula is C15H19N5O3S. The number of urea groups is 1. The lowest BCUT2D eigenvalue weighted by Crippen LogP contribution is -2.40. The van der Waals surface area contributed by atoms with Gasteiger partial charge in [0.25, 0.3) is 0 Å². The first-order valence-electron chi connectivity index (χ1n) is 7.30. The molecule has 2 rings (SSSR count). The van der Waals surface area contributed by atoms with Gasteiger partial charge in [-0.05, 0) is 19.1 Å². The molecule has 0 atom stereocenters. The van der Waals surface area contributed by atoms with Gasteiger partial charge in [-0.2, -0.15) is 0 Å². The van der Waals surface area contributed by atoms with Gasteiger partial charge in [-0.25, -0.2) is 4.79 Å². The lowest BCUT2D eigenvalue weighted by Gasteiger charge is -2.08. The van der Waals surface area contributed by atoms with Crippen LogP contribution in [0.4, 0.5) is 4.79 Å². The van der Waals surface area contributed by atoms with Gasteiger partial charge in [-0.15, -0.1) is 10.2 Å². The van der Waals surface area contributed by atoms with Crippen LogP contribution in [0.5, 0.6) is 5.75 Å². The van der Waals surface area contributed by atoms with E-state index in [0.717, 1.165) is 5.56 Å². The van der Waals surface area contributed by atoms with E-state index in [1.807, 2.05) is 31.3 Å². The molecule has 1 heterocycles. The number of carbonyl (C=O) groups excluding carboxylic acids is 2. The number of hydrogen-bond acceptors (Lipinski definition) is 6. The summed E-state index contributed by atoms with van der Waals surface area (Å²) in [6.45, 7) is 2.23. The van der Waals surface area contributed by atoms with Gasteiger partial charge in [0.2, 0.25) is 5.91 Å². The number of hydrogen-bond donors (Lipinski definition) is 2. The Kier molecular flexibility index (Phi) is 6.19. The fraction of sp³-hybridized carbons (Fsp3) is 0.333. The van der Waals surface area contributed by atoms with Crippen molar-refractivity contribution in [3.63, 3.8) is 0 Å². The number of aromatic nitrogens is 3. The summed E-state index contributed by atoms with van der Waals surface area (Å²) in [6.07, 6.45) is 0. The van der Waals surface area contributed by atoms with Crippen LogP contribution in [-0.2, 0) is 11.8 Å². The summed E-state index contributed by atoms with van der Waals surface area (Å²) < 4.78 is 7.11. The average Bonchev–Trinajstić information content (AvgIpc) is 2.93. The number of benzene rings is 1. The number of nitrogens with one attached hydrogen (secondary N) is 2. The number of ether oxygens (including phenoxy) is 1. The topological polar surface area (TPSA) is 98.1 Å². The number of nitrogens with zero attached hydrogens (tertiary/aromatic N) is 3. The summed E-state index contributed by atoms with van der Waals surface area (Å²) in [6, 6.07) is 6.99. The highest BCUT2D eigenvalue weighted by molar-refractivity contribution is 7.99. The number of methoxy groups -OCH3 is 1. The number of imide groups is 1. The molecule has 128 valence electrons. The Bertz CT molecular complexity index is 732. The summed E-state index contributed by atoms with van der Waals surface area (Å²) in [5.41, 5.74) is 0.814. The maximum absolute atomic E-state index is 11.7. The van der Waals surface area contributed by atoms with Gasteiger partial charge in [-0.1, -0.05) is 23.9 Å². The van der Waals surface area contributed by atoms with Gasteiger partial charge in [-0.3, -0.25) is 10.1 Å². The quantitative estimate of drug-likeness (QED) is 0.766. The first kappa shape index (κ1) is 17.8. The molecule has 0 aliphatic heterocycles. The molecule has 0 radical (unpaired) electrons. The molecule has 24 heavy (non-hydrogen) atoms. The first-order chi connectivity index (χ1) is 11.6. The molecule has 1 aromatic carbocycles. The Hall–Kier alpha value is -2.55. The van der Waals surface area contributed by atoms with Crippen molar-refractivity contribution in [1.29, 1.82) is 0 Å². The molecule has 0 bridgehead atoms. The first-order valence-corrected chi connectivity index (χ1v) is 8.28. The molecule has 2 aromatic rings. The van der Waals surface area contributed by atoms with Crippen LogP contribution in [0.2, 0.25) is 0 Å². The van der Waals surface area contributed by atoms with E-state index in [9.17, 15) is 9.59 Å². The lowest BCUT2D eigenvalue weighted by atomic mass is 10.2. The van der Waals surface area contributed by atoms with Crippen LogP contribution in [-0.4, -0.2) is 46.1 Å². The maximum atomic E-state index is 11.7. The molecule has 0 fully saturated rings. The van der Waals surface area contributed by atoms with Gasteiger partial charge >= 0.3 is 6.03 Å². The van der Waals surface area contributed by atoms with Crippen molar-refractivity contribution in [3.05, 3.63) is 24.3 Å². The standard InChI is InChI=1S/C15H19N5O3S/c1-4-16-14(22)17-12(21)9-24-15-19-18-13(20(15)2)10-7-5-6-8-11(10)23-3/h5-8H,4,9H2,1-3H3,(H2,16,17,21,22). The van der Waals surface area contributed by atoms with Gasteiger partial charge in [0.05, 0.1) is 18.4 Å². The summed E-state index contributed by atoms with van der Waals surface area (Å²) in [4.78, 5) is 23.0. The number of amides is 3. The zero-order valence-electron chi connectivity index (χ0n) is 13.7. The Balaban J connectivity index is 2.05. The molecule has 8 nitrogen and oxygen atoms in total. The average molecular weight is 349 g/mol. The monoisotopic (exact) mass is 349 g/mol. The Labute approximate surface area is 144 Å². The number of carbonyl (C=O) groups is 2. The van der Waals surface area contributed by atoms with Crippen molar-refractivity contribution >= 4 is 23.7 Å². The zero-order valence-corrected chi connectivity index (χ0v) is 14.5. The van der Waals surface area contributed by atoms with Crippen molar-refractivity contribution in [2.45, 2.75) is 12.1 Å². The second-order valence-corrected chi connectivity index (χ2v) is 5.70. The molecule has 0 spiro atoms. The van der Waals surface area contributed by atoms with E-state index in [1.165, 1.54) is 11.8 Å². The number of rotatable bonds is 6. The van der Waals surface area contributed by atoms with Crippen LogP contribution in [0, 0.1) is 0 Å². The van der Waals surface area contributed by atoms with Crippen molar-refractivity contribution in [2.75, 3.05) is 19.4 Å². The summed E-state index contributed by atoms with van der Waals surface area (Å²) in [5.74, 6) is 1.00. The minimum absolute atomic E-state index is 0.0645. The minimum Gasteiger partial charge on any atom is -0.496 e. The fourth-order valence-electron chi connectivity index (χ4n) is 2.00. The lowest BCUT2D eigenvalue weighted by molar-refractivity contribution is -0.117. The molecule has 2 N–H and O–H groups in total. The smallest absolute Gasteiger partial charge is 0.321 e. The molecular weight excluding hydrogens is 330 g/mol. The molecule has 0 aliphatic rings. The zero-order chi connectivity index (χ0) is 17.5. The third-order valence-electron chi connectivity index (χ3n) is 3.11. The van der Waals surface area contributed by atoms with Gasteiger partial charge in [0.15, 0.2) is 11.0 Å². The SMILES string of the molecule is CCNC(=O)NC(=O)CSc1nnc(-c2ccccc2OC)n1C. The van der Waals surface area contributed by atoms with Crippen LogP contribution < -0.4 is 15.4 Å². The molecule has 0 saturated carbocycles. The second kappa shape index (κ2) is 8.34. The largest absolute Gasteiger partial charge is 0.496 e. The molecule has 0 aliphatic carbocycles. The van der Waals surface area contributed by atoms with Crippen molar-refractivity contribution < 1.29 is 14.3 Å². The van der Waals surface area contributed by atoms with E-state index in [-0.39, 0.29) is 5.75 Å². The highest BCUT2D eigenvalue weighted by Gasteiger charge is 2.16. The van der Waals surface area contributed by atoms with E-state index in [4.69, 9.17) is 4.74 Å². The van der Waals surface area contributed by atoms with Crippen molar-refractivity contribution in [3.8, 4) is 17.1 Å². The molecule has 3 amide bonds. The van der Waals surface area contributed by atoms with Gasteiger partial charge < -0.3 is 14.6 Å². The molecule has 0 unspecified atom stereocenters. The number of thioether (sulfide) groups is 1. The van der Waals surface area contributed by atoms with Crippen LogP contribution in [0.25, 0.3) is 11.4 Å². The highest BCUT2D eigenvalue weighted by Crippen LogP contribution is 2.29. The van der Waals surface area contributed by atoms with Crippen LogP contribution in [0.1, 0.15) is 6.92 Å².